The standard InChI is InChI=1S/C15H16O2/c1-2-6-15(17-11-16)14-10-5-8-12-7-3-4-9-13(12)14/h3-5,7-11,15H,2,6H2,1H3. The number of fused-ring (bicyclic) bond motifs is 1. The van der Waals surface area contributed by atoms with Crippen molar-refractivity contribution in [3.8, 4) is 0 Å². The minimum Gasteiger partial charge on any atom is -0.460 e. The number of benzene rings is 2. The van der Waals surface area contributed by atoms with Crippen LogP contribution in [0.25, 0.3) is 10.8 Å². The average Bonchev–Trinajstić information content (AvgIpc) is 2.38. The van der Waals surface area contributed by atoms with Gasteiger partial charge in [-0.2, -0.15) is 0 Å². The van der Waals surface area contributed by atoms with Crippen molar-refractivity contribution in [3.05, 3.63) is 48.0 Å². The van der Waals surface area contributed by atoms with Crippen molar-refractivity contribution in [2.75, 3.05) is 0 Å². The quantitative estimate of drug-likeness (QED) is 0.726. The van der Waals surface area contributed by atoms with Gasteiger partial charge in [0.1, 0.15) is 6.10 Å². The Hall–Kier alpha value is -1.83. The fraction of sp³-hybridized carbons (Fsp3) is 0.267. The van der Waals surface area contributed by atoms with Gasteiger partial charge in [-0.3, -0.25) is 4.79 Å². The highest BCUT2D eigenvalue weighted by atomic mass is 16.5. The number of carbonyl (C=O) groups excluding carboxylic acids is 1. The molecule has 0 radical (unpaired) electrons. The molecule has 2 heteroatoms. The van der Waals surface area contributed by atoms with Gasteiger partial charge < -0.3 is 4.74 Å². The van der Waals surface area contributed by atoms with Crippen LogP contribution in [0.5, 0.6) is 0 Å². The van der Waals surface area contributed by atoms with Crippen molar-refractivity contribution in [2.24, 2.45) is 0 Å². The molecule has 0 aromatic heterocycles. The van der Waals surface area contributed by atoms with Gasteiger partial charge in [-0.05, 0) is 17.2 Å². The summed E-state index contributed by atoms with van der Waals surface area (Å²) in [5.41, 5.74) is 1.09. The van der Waals surface area contributed by atoms with Crippen LogP contribution < -0.4 is 0 Å². The summed E-state index contributed by atoms with van der Waals surface area (Å²) in [6.07, 6.45) is 1.71. The highest BCUT2D eigenvalue weighted by Crippen LogP contribution is 2.29. The number of ether oxygens (including phenoxy) is 1. The van der Waals surface area contributed by atoms with Gasteiger partial charge in [-0.15, -0.1) is 0 Å². The van der Waals surface area contributed by atoms with E-state index in [4.69, 9.17) is 4.74 Å². The maximum absolute atomic E-state index is 10.6. The molecule has 0 saturated heterocycles. The van der Waals surface area contributed by atoms with Gasteiger partial charge >= 0.3 is 0 Å². The second-order valence-electron chi connectivity index (χ2n) is 4.08. The van der Waals surface area contributed by atoms with Gasteiger partial charge in [0.2, 0.25) is 0 Å². The van der Waals surface area contributed by atoms with Crippen LogP contribution in [0.3, 0.4) is 0 Å². The van der Waals surface area contributed by atoms with E-state index in [0.29, 0.717) is 6.47 Å². The molecule has 0 spiro atoms. The summed E-state index contributed by atoms with van der Waals surface area (Å²) in [6.45, 7) is 2.63. The highest BCUT2D eigenvalue weighted by Gasteiger charge is 2.13. The fourth-order valence-electron chi connectivity index (χ4n) is 2.16. The minimum absolute atomic E-state index is 0.136. The zero-order chi connectivity index (χ0) is 12.1. The van der Waals surface area contributed by atoms with Crippen molar-refractivity contribution in [3.63, 3.8) is 0 Å². The Kier molecular flexibility index (Phi) is 3.76. The Bertz CT molecular complexity index is 500. The zero-order valence-corrected chi connectivity index (χ0v) is 9.93. The maximum Gasteiger partial charge on any atom is 0.293 e. The number of hydrogen-bond donors (Lipinski definition) is 0. The molecule has 0 bridgehead atoms. The summed E-state index contributed by atoms with van der Waals surface area (Å²) in [4.78, 5) is 10.6. The van der Waals surface area contributed by atoms with Crippen LogP contribution in [-0.2, 0) is 9.53 Å². The van der Waals surface area contributed by atoms with Gasteiger partial charge in [0.05, 0.1) is 0 Å². The first-order valence-electron chi connectivity index (χ1n) is 5.93. The Morgan fingerprint density at radius 3 is 2.71 bits per heavy atom. The molecule has 2 aromatic rings. The highest BCUT2D eigenvalue weighted by molar-refractivity contribution is 5.86. The van der Waals surface area contributed by atoms with Crippen LogP contribution in [-0.4, -0.2) is 6.47 Å². The summed E-state index contributed by atoms with van der Waals surface area (Å²) in [7, 11) is 0. The maximum atomic E-state index is 10.6. The molecule has 2 rings (SSSR count). The minimum atomic E-state index is -0.136. The first-order valence-corrected chi connectivity index (χ1v) is 5.93. The normalized spacial score (nSPS) is 12.3. The molecule has 0 aliphatic heterocycles. The predicted octanol–water partition coefficient (Wildman–Crippen LogP) is 3.85. The summed E-state index contributed by atoms with van der Waals surface area (Å²) in [5, 5.41) is 2.34. The van der Waals surface area contributed by atoms with E-state index in [9.17, 15) is 4.79 Å². The summed E-state index contributed by atoms with van der Waals surface area (Å²) in [6, 6.07) is 14.3. The van der Waals surface area contributed by atoms with Crippen LogP contribution in [0, 0.1) is 0 Å². The molecular weight excluding hydrogens is 212 g/mol. The Morgan fingerprint density at radius 1 is 1.18 bits per heavy atom. The zero-order valence-electron chi connectivity index (χ0n) is 9.93. The fourth-order valence-corrected chi connectivity index (χ4v) is 2.16. The summed E-state index contributed by atoms with van der Waals surface area (Å²) >= 11 is 0. The van der Waals surface area contributed by atoms with Crippen molar-refractivity contribution in [1.29, 1.82) is 0 Å². The second-order valence-corrected chi connectivity index (χ2v) is 4.08. The smallest absolute Gasteiger partial charge is 0.293 e. The Morgan fingerprint density at radius 2 is 1.94 bits per heavy atom. The molecule has 0 N–H and O–H groups in total. The van der Waals surface area contributed by atoms with E-state index in [2.05, 4.69) is 25.1 Å². The molecule has 2 nitrogen and oxygen atoms in total. The lowest BCUT2D eigenvalue weighted by molar-refractivity contribution is -0.134. The lowest BCUT2D eigenvalue weighted by atomic mass is 9.98. The van der Waals surface area contributed by atoms with Crippen molar-refractivity contribution >= 4 is 17.2 Å². The first-order chi connectivity index (χ1) is 8.36. The van der Waals surface area contributed by atoms with E-state index in [0.717, 1.165) is 23.8 Å². The van der Waals surface area contributed by atoms with Crippen LogP contribution in [0.1, 0.15) is 31.4 Å². The third-order valence-corrected chi connectivity index (χ3v) is 2.94. The van der Waals surface area contributed by atoms with E-state index in [1.54, 1.807) is 0 Å². The summed E-state index contributed by atoms with van der Waals surface area (Å²) in [5.74, 6) is 0. The lowest BCUT2D eigenvalue weighted by Gasteiger charge is -2.16. The van der Waals surface area contributed by atoms with Crippen molar-refractivity contribution in [2.45, 2.75) is 25.9 Å². The van der Waals surface area contributed by atoms with Gasteiger partial charge in [-0.1, -0.05) is 55.8 Å². The molecule has 0 amide bonds. The Balaban J connectivity index is 2.48. The van der Waals surface area contributed by atoms with E-state index in [1.165, 1.54) is 5.39 Å². The largest absolute Gasteiger partial charge is 0.460 e. The van der Waals surface area contributed by atoms with Crippen molar-refractivity contribution < 1.29 is 9.53 Å². The van der Waals surface area contributed by atoms with E-state index in [-0.39, 0.29) is 6.10 Å². The van der Waals surface area contributed by atoms with Gasteiger partial charge in [0, 0.05) is 5.56 Å². The van der Waals surface area contributed by atoms with Gasteiger partial charge in [0.15, 0.2) is 0 Å². The molecule has 2 aromatic carbocycles. The third kappa shape index (κ3) is 2.47. The van der Waals surface area contributed by atoms with Gasteiger partial charge in [-0.25, -0.2) is 0 Å². The number of carbonyl (C=O) groups is 1. The molecular formula is C15H16O2. The molecule has 88 valence electrons. The van der Waals surface area contributed by atoms with Crippen molar-refractivity contribution in [1.82, 2.24) is 0 Å². The molecule has 0 fully saturated rings. The summed E-state index contributed by atoms with van der Waals surface area (Å²) < 4.78 is 5.20. The topological polar surface area (TPSA) is 26.3 Å². The van der Waals surface area contributed by atoms with E-state index < -0.39 is 0 Å². The molecule has 1 unspecified atom stereocenters. The van der Waals surface area contributed by atoms with Crippen LogP contribution >= 0.6 is 0 Å². The second kappa shape index (κ2) is 5.48. The average molecular weight is 228 g/mol. The monoisotopic (exact) mass is 228 g/mol. The molecule has 0 aliphatic carbocycles. The molecule has 0 saturated carbocycles. The molecule has 1 atom stereocenters. The van der Waals surface area contributed by atoms with Crippen LogP contribution in [0.2, 0.25) is 0 Å². The Labute approximate surface area is 101 Å². The van der Waals surface area contributed by atoms with Crippen LogP contribution in [0.4, 0.5) is 0 Å². The third-order valence-electron chi connectivity index (χ3n) is 2.94. The van der Waals surface area contributed by atoms with E-state index in [1.807, 2.05) is 24.3 Å². The van der Waals surface area contributed by atoms with Gasteiger partial charge in [0.25, 0.3) is 6.47 Å². The SMILES string of the molecule is CCCC(OC=O)c1cccc2ccccc12. The van der Waals surface area contributed by atoms with E-state index >= 15 is 0 Å². The van der Waals surface area contributed by atoms with Crippen LogP contribution in [0.15, 0.2) is 42.5 Å². The predicted molar refractivity (Wildman–Crippen MR) is 68.7 cm³/mol. The molecule has 0 heterocycles. The number of rotatable bonds is 5. The molecule has 0 aliphatic rings. The lowest BCUT2D eigenvalue weighted by Crippen LogP contribution is -2.03. The first kappa shape index (κ1) is 11.6. The molecule has 17 heavy (non-hydrogen) atoms. The number of hydrogen-bond acceptors (Lipinski definition) is 2.